The Morgan fingerprint density at radius 2 is 2.17 bits per heavy atom. The van der Waals surface area contributed by atoms with Crippen molar-refractivity contribution >= 4 is 22.5 Å². The molecule has 1 N–H and O–H groups in total. The molecule has 0 amide bonds. The Labute approximate surface area is 147 Å². The van der Waals surface area contributed by atoms with Crippen LogP contribution in [0.3, 0.4) is 0 Å². The van der Waals surface area contributed by atoms with Crippen LogP contribution < -0.4 is 10.2 Å². The number of pyridine rings is 1. The summed E-state index contributed by atoms with van der Waals surface area (Å²) < 4.78 is 5.38. The third kappa shape index (κ3) is 3.05. The van der Waals surface area contributed by atoms with Crippen LogP contribution in [0.15, 0.2) is 16.9 Å². The standard InChI is InChI=1S/C19H25ClN2O2/c1-4-13-7-5-6-10-22(13)11-14-12(2)21-18-16(24-3)9-8-15(20)17(18)19(14)23/h8-9,13H,4-7,10-11H2,1-3H3,(H,21,23)/t13-/m0/s1. The Balaban J connectivity index is 2.09. The van der Waals surface area contributed by atoms with Crippen molar-refractivity contribution in [1.29, 1.82) is 0 Å². The van der Waals surface area contributed by atoms with Crippen molar-refractivity contribution in [2.45, 2.75) is 52.1 Å². The first-order chi connectivity index (χ1) is 11.6. The molecule has 3 rings (SSSR count). The molecular formula is C19H25ClN2O2. The van der Waals surface area contributed by atoms with Crippen molar-refractivity contribution in [3.8, 4) is 5.75 Å². The highest BCUT2D eigenvalue weighted by Gasteiger charge is 2.23. The lowest BCUT2D eigenvalue weighted by atomic mass is 9.98. The van der Waals surface area contributed by atoms with E-state index < -0.39 is 0 Å². The molecular weight excluding hydrogens is 324 g/mol. The van der Waals surface area contributed by atoms with Gasteiger partial charge in [-0.3, -0.25) is 9.69 Å². The molecule has 1 saturated heterocycles. The zero-order chi connectivity index (χ0) is 17.3. The first kappa shape index (κ1) is 17.3. The summed E-state index contributed by atoms with van der Waals surface area (Å²) in [6, 6.07) is 4.08. The summed E-state index contributed by atoms with van der Waals surface area (Å²) in [5.41, 5.74) is 2.42. The first-order valence-electron chi connectivity index (χ1n) is 8.68. The summed E-state index contributed by atoms with van der Waals surface area (Å²) in [6.07, 6.45) is 4.83. The summed E-state index contributed by atoms with van der Waals surface area (Å²) in [4.78, 5) is 18.9. The fraction of sp³-hybridized carbons (Fsp3) is 0.526. The molecule has 0 saturated carbocycles. The zero-order valence-electron chi connectivity index (χ0n) is 14.6. The van der Waals surface area contributed by atoms with E-state index in [4.69, 9.17) is 16.3 Å². The van der Waals surface area contributed by atoms with Crippen LogP contribution in [0.4, 0.5) is 0 Å². The van der Waals surface area contributed by atoms with Gasteiger partial charge in [-0.25, -0.2) is 0 Å². The van der Waals surface area contributed by atoms with E-state index in [1.165, 1.54) is 19.3 Å². The van der Waals surface area contributed by atoms with Crippen molar-refractivity contribution in [2.75, 3.05) is 13.7 Å². The summed E-state index contributed by atoms with van der Waals surface area (Å²) in [7, 11) is 1.60. The van der Waals surface area contributed by atoms with Gasteiger partial charge in [0.15, 0.2) is 5.43 Å². The summed E-state index contributed by atoms with van der Waals surface area (Å²) in [5.74, 6) is 0.644. The maximum absolute atomic E-state index is 13.1. The summed E-state index contributed by atoms with van der Waals surface area (Å²) in [6.45, 7) is 5.92. The van der Waals surface area contributed by atoms with E-state index in [1.807, 2.05) is 6.92 Å². The second kappa shape index (κ2) is 7.16. The highest BCUT2D eigenvalue weighted by atomic mass is 35.5. The lowest BCUT2D eigenvalue weighted by Crippen LogP contribution is -2.39. The molecule has 2 aromatic rings. The number of piperidine rings is 1. The van der Waals surface area contributed by atoms with Crippen molar-refractivity contribution in [2.24, 2.45) is 0 Å². The van der Waals surface area contributed by atoms with Gasteiger partial charge in [0.2, 0.25) is 0 Å². The minimum atomic E-state index is 0.0191. The third-order valence-electron chi connectivity index (χ3n) is 5.18. The number of benzene rings is 1. The number of aromatic nitrogens is 1. The van der Waals surface area contributed by atoms with Gasteiger partial charge in [-0.2, -0.15) is 0 Å². The highest BCUT2D eigenvalue weighted by Crippen LogP contribution is 2.29. The second-order valence-electron chi connectivity index (χ2n) is 6.59. The lowest BCUT2D eigenvalue weighted by molar-refractivity contribution is 0.135. The van der Waals surface area contributed by atoms with Gasteiger partial charge < -0.3 is 9.72 Å². The number of fused-ring (bicyclic) bond motifs is 1. The second-order valence-corrected chi connectivity index (χ2v) is 6.99. The Kier molecular flexibility index (Phi) is 5.16. The molecule has 5 heteroatoms. The molecule has 1 aliphatic rings. The Morgan fingerprint density at radius 3 is 2.88 bits per heavy atom. The largest absolute Gasteiger partial charge is 0.495 e. The van der Waals surface area contributed by atoms with Gasteiger partial charge in [0.25, 0.3) is 0 Å². The predicted octanol–water partition coefficient (Wildman–Crippen LogP) is 4.26. The highest BCUT2D eigenvalue weighted by molar-refractivity contribution is 6.35. The molecule has 0 aliphatic carbocycles. The SMILES string of the molecule is CC[C@H]1CCCCN1Cc1c(C)[nH]c2c(OC)ccc(Cl)c2c1=O. The molecule has 1 atom stereocenters. The van der Waals surface area contributed by atoms with Crippen LogP contribution >= 0.6 is 11.6 Å². The molecule has 0 spiro atoms. The minimum Gasteiger partial charge on any atom is -0.495 e. The number of hydrogen-bond donors (Lipinski definition) is 1. The molecule has 1 fully saturated rings. The number of ether oxygens (including phenoxy) is 1. The van der Waals surface area contributed by atoms with E-state index >= 15 is 0 Å². The molecule has 0 bridgehead atoms. The van der Waals surface area contributed by atoms with Crippen LogP contribution in [0.1, 0.15) is 43.9 Å². The quantitative estimate of drug-likeness (QED) is 0.897. The average Bonchev–Trinajstić information content (AvgIpc) is 2.59. The fourth-order valence-electron chi connectivity index (χ4n) is 3.78. The zero-order valence-corrected chi connectivity index (χ0v) is 15.4. The maximum atomic E-state index is 13.1. The van der Waals surface area contributed by atoms with E-state index in [0.29, 0.717) is 34.3 Å². The smallest absolute Gasteiger partial charge is 0.195 e. The molecule has 1 aromatic heterocycles. The number of methoxy groups -OCH3 is 1. The number of rotatable bonds is 4. The van der Waals surface area contributed by atoms with Crippen LogP contribution in [-0.4, -0.2) is 29.6 Å². The normalized spacial score (nSPS) is 18.9. The molecule has 4 nitrogen and oxygen atoms in total. The molecule has 2 heterocycles. The monoisotopic (exact) mass is 348 g/mol. The lowest BCUT2D eigenvalue weighted by Gasteiger charge is -2.35. The van der Waals surface area contributed by atoms with Gasteiger partial charge >= 0.3 is 0 Å². The molecule has 0 unspecified atom stereocenters. The van der Waals surface area contributed by atoms with Gasteiger partial charge in [-0.15, -0.1) is 0 Å². The van der Waals surface area contributed by atoms with Gasteiger partial charge in [0, 0.05) is 23.8 Å². The number of H-pyrrole nitrogens is 1. The Morgan fingerprint density at radius 1 is 1.38 bits per heavy atom. The van der Waals surface area contributed by atoms with Crippen LogP contribution in [0.5, 0.6) is 5.75 Å². The van der Waals surface area contributed by atoms with Gasteiger partial charge in [-0.05, 0) is 44.9 Å². The van der Waals surface area contributed by atoms with Crippen LogP contribution in [0, 0.1) is 6.92 Å². The number of aromatic amines is 1. The third-order valence-corrected chi connectivity index (χ3v) is 5.50. The average molecular weight is 349 g/mol. The molecule has 130 valence electrons. The molecule has 1 aromatic carbocycles. The van der Waals surface area contributed by atoms with Crippen LogP contribution in [0.2, 0.25) is 5.02 Å². The predicted molar refractivity (Wildman–Crippen MR) is 99.2 cm³/mol. The van der Waals surface area contributed by atoms with Gasteiger partial charge in [0.05, 0.1) is 23.0 Å². The van der Waals surface area contributed by atoms with E-state index in [1.54, 1.807) is 19.2 Å². The van der Waals surface area contributed by atoms with Crippen molar-refractivity contribution in [1.82, 2.24) is 9.88 Å². The number of likely N-dealkylation sites (tertiary alicyclic amines) is 1. The van der Waals surface area contributed by atoms with Crippen LogP contribution in [0.25, 0.3) is 10.9 Å². The molecule has 0 radical (unpaired) electrons. The minimum absolute atomic E-state index is 0.0191. The van der Waals surface area contributed by atoms with Crippen molar-refractivity contribution < 1.29 is 4.74 Å². The van der Waals surface area contributed by atoms with Crippen molar-refractivity contribution in [3.05, 3.63) is 38.6 Å². The van der Waals surface area contributed by atoms with Gasteiger partial charge in [0.1, 0.15) is 5.75 Å². The fourth-order valence-corrected chi connectivity index (χ4v) is 4.03. The van der Waals surface area contributed by atoms with Crippen LogP contribution in [-0.2, 0) is 6.54 Å². The van der Waals surface area contributed by atoms with E-state index in [2.05, 4.69) is 16.8 Å². The number of halogens is 1. The van der Waals surface area contributed by atoms with Gasteiger partial charge in [-0.1, -0.05) is 24.9 Å². The van der Waals surface area contributed by atoms with Crippen molar-refractivity contribution in [3.63, 3.8) is 0 Å². The summed E-state index contributed by atoms with van der Waals surface area (Å²) >= 11 is 6.33. The van der Waals surface area contributed by atoms with E-state index in [-0.39, 0.29) is 5.43 Å². The Bertz CT molecular complexity index is 800. The van der Waals surface area contributed by atoms with E-state index in [0.717, 1.165) is 24.2 Å². The first-order valence-corrected chi connectivity index (χ1v) is 9.06. The number of nitrogens with one attached hydrogen (secondary N) is 1. The maximum Gasteiger partial charge on any atom is 0.195 e. The topological polar surface area (TPSA) is 45.3 Å². The number of nitrogens with zero attached hydrogens (tertiary/aromatic N) is 1. The Hall–Kier alpha value is -1.52. The molecule has 24 heavy (non-hydrogen) atoms. The van der Waals surface area contributed by atoms with E-state index in [9.17, 15) is 4.79 Å². The number of aryl methyl sites for hydroxylation is 1. The summed E-state index contributed by atoms with van der Waals surface area (Å²) in [5, 5.41) is 1.00. The molecule has 1 aliphatic heterocycles. The number of hydrogen-bond acceptors (Lipinski definition) is 3.